The Balaban J connectivity index is 2.69. The molecule has 0 saturated carbocycles. The summed E-state index contributed by atoms with van der Waals surface area (Å²) in [7, 11) is 2.04. The van der Waals surface area contributed by atoms with Crippen molar-refractivity contribution >= 4 is 11.6 Å². The number of rotatable bonds is 5. The summed E-state index contributed by atoms with van der Waals surface area (Å²) in [5.74, 6) is 1.74. The molecule has 5 heteroatoms. The molecule has 0 bridgehead atoms. The van der Waals surface area contributed by atoms with Crippen molar-refractivity contribution in [1.29, 1.82) is 0 Å². The number of hydrogen-bond acceptors (Lipinski definition) is 5. The van der Waals surface area contributed by atoms with Crippen molar-refractivity contribution in [3.8, 4) is 0 Å². The number of nitrogens with two attached hydrogens (primary N) is 1. The van der Waals surface area contributed by atoms with E-state index in [1.807, 2.05) is 20.0 Å². The molecule has 0 fully saturated rings. The molecule has 18 heavy (non-hydrogen) atoms. The molecule has 1 heterocycles. The molecule has 0 aliphatic heterocycles. The molecule has 1 atom stereocenters. The Morgan fingerprint density at radius 3 is 2.61 bits per heavy atom. The van der Waals surface area contributed by atoms with Crippen molar-refractivity contribution in [2.24, 2.45) is 11.1 Å². The maximum absolute atomic E-state index is 5.71. The predicted molar refractivity (Wildman–Crippen MR) is 76.9 cm³/mol. The Labute approximate surface area is 110 Å². The summed E-state index contributed by atoms with van der Waals surface area (Å²) >= 11 is 0. The van der Waals surface area contributed by atoms with Gasteiger partial charge in [-0.25, -0.2) is 9.97 Å². The highest BCUT2D eigenvalue weighted by Crippen LogP contribution is 2.19. The molecule has 0 aliphatic rings. The van der Waals surface area contributed by atoms with Crippen molar-refractivity contribution in [1.82, 2.24) is 9.97 Å². The zero-order valence-corrected chi connectivity index (χ0v) is 12.1. The number of aromatic nitrogens is 2. The zero-order chi connectivity index (χ0) is 13.8. The Morgan fingerprint density at radius 1 is 1.39 bits per heavy atom. The van der Waals surface area contributed by atoms with Gasteiger partial charge in [0, 0.05) is 32.2 Å². The molecule has 0 saturated heterocycles. The van der Waals surface area contributed by atoms with Crippen LogP contribution in [0.25, 0.3) is 0 Å². The molecule has 0 radical (unpaired) electrons. The van der Waals surface area contributed by atoms with Gasteiger partial charge >= 0.3 is 0 Å². The van der Waals surface area contributed by atoms with Crippen molar-refractivity contribution in [3.63, 3.8) is 0 Å². The fourth-order valence-corrected chi connectivity index (χ4v) is 1.71. The van der Waals surface area contributed by atoms with Crippen LogP contribution in [0.4, 0.5) is 11.6 Å². The van der Waals surface area contributed by atoms with Gasteiger partial charge in [-0.05, 0) is 12.3 Å². The highest BCUT2D eigenvalue weighted by atomic mass is 15.2. The predicted octanol–water partition coefficient (Wildman–Crippen LogP) is 1.72. The monoisotopic (exact) mass is 251 g/mol. The van der Waals surface area contributed by atoms with Crippen LogP contribution < -0.4 is 16.0 Å². The van der Waals surface area contributed by atoms with Gasteiger partial charge in [-0.1, -0.05) is 20.8 Å². The lowest BCUT2D eigenvalue weighted by Gasteiger charge is -2.27. The summed E-state index contributed by atoms with van der Waals surface area (Å²) in [6, 6.07) is 2.06. The van der Waals surface area contributed by atoms with Crippen LogP contribution in [0.3, 0.4) is 0 Å². The second-order valence-corrected chi connectivity index (χ2v) is 6.04. The molecule has 1 rings (SSSR count). The standard InChI is InChI=1S/C13H25N5/c1-10(14)7-15-11-6-12(17-9-16-11)18(5)8-13(2,3)4/h6,9-10H,7-8,14H2,1-5H3,(H,15,16,17). The van der Waals surface area contributed by atoms with Crippen LogP contribution in [-0.2, 0) is 0 Å². The van der Waals surface area contributed by atoms with Gasteiger partial charge in [0.05, 0.1) is 0 Å². The summed E-state index contributed by atoms with van der Waals surface area (Å²) in [5, 5.41) is 3.20. The molecule has 102 valence electrons. The number of nitrogens with zero attached hydrogens (tertiary/aromatic N) is 3. The van der Waals surface area contributed by atoms with E-state index in [4.69, 9.17) is 5.73 Å². The van der Waals surface area contributed by atoms with Crippen molar-refractivity contribution in [2.75, 3.05) is 30.4 Å². The van der Waals surface area contributed by atoms with E-state index < -0.39 is 0 Å². The van der Waals surface area contributed by atoms with E-state index in [1.165, 1.54) is 0 Å². The maximum atomic E-state index is 5.71. The molecule has 0 amide bonds. The van der Waals surface area contributed by atoms with E-state index in [2.05, 4.69) is 41.0 Å². The smallest absolute Gasteiger partial charge is 0.133 e. The fourth-order valence-electron chi connectivity index (χ4n) is 1.71. The van der Waals surface area contributed by atoms with Crippen LogP contribution in [-0.4, -0.2) is 36.1 Å². The second kappa shape index (κ2) is 6.00. The molecular weight excluding hydrogens is 226 g/mol. The summed E-state index contributed by atoms with van der Waals surface area (Å²) in [6.07, 6.45) is 1.58. The Morgan fingerprint density at radius 2 is 2.06 bits per heavy atom. The van der Waals surface area contributed by atoms with Gasteiger partial charge in [0.1, 0.15) is 18.0 Å². The number of hydrogen-bond donors (Lipinski definition) is 2. The molecule has 0 aliphatic carbocycles. The molecule has 0 aromatic carbocycles. The topological polar surface area (TPSA) is 67.1 Å². The highest BCUT2D eigenvalue weighted by Gasteiger charge is 2.15. The lowest BCUT2D eigenvalue weighted by atomic mass is 9.96. The third kappa shape index (κ3) is 5.31. The summed E-state index contributed by atoms with van der Waals surface area (Å²) < 4.78 is 0. The van der Waals surface area contributed by atoms with Crippen LogP contribution >= 0.6 is 0 Å². The van der Waals surface area contributed by atoms with Gasteiger partial charge < -0.3 is 16.0 Å². The minimum atomic E-state index is 0.107. The molecule has 1 aromatic heterocycles. The summed E-state index contributed by atoms with van der Waals surface area (Å²) in [6.45, 7) is 10.2. The molecule has 1 aromatic rings. The summed E-state index contributed by atoms with van der Waals surface area (Å²) in [5.41, 5.74) is 5.94. The van der Waals surface area contributed by atoms with Crippen LogP contribution in [0.1, 0.15) is 27.7 Å². The van der Waals surface area contributed by atoms with Gasteiger partial charge in [0.2, 0.25) is 0 Å². The first-order valence-corrected chi connectivity index (χ1v) is 6.30. The normalized spacial score (nSPS) is 13.2. The van der Waals surface area contributed by atoms with Gasteiger partial charge in [-0.2, -0.15) is 0 Å². The van der Waals surface area contributed by atoms with Crippen molar-refractivity contribution in [2.45, 2.75) is 33.7 Å². The number of nitrogens with one attached hydrogen (secondary N) is 1. The van der Waals surface area contributed by atoms with E-state index in [-0.39, 0.29) is 11.5 Å². The van der Waals surface area contributed by atoms with Gasteiger partial charge in [0.25, 0.3) is 0 Å². The maximum Gasteiger partial charge on any atom is 0.133 e. The summed E-state index contributed by atoms with van der Waals surface area (Å²) in [4.78, 5) is 10.6. The van der Waals surface area contributed by atoms with E-state index in [9.17, 15) is 0 Å². The average Bonchev–Trinajstić information content (AvgIpc) is 2.24. The van der Waals surface area contributed by atoms with E-state index in [0.29, 0.717) is 6.54 Å². The quantitative estimate of drug-likeness (QED) is 0.834. The third-order valence-corrected chi connectivity index (χ3v) is 2.36. The average molecular weight is 251 g/mol. The largest absolute Gasteiger partial charge is 0.368 e. The minimum absolute atomic E-state index is 0.107. The van der Waals surface area contributed by atoms with E-state index in [0.717, 1.165) is 18.2 Å². The zero-order valence-electron chi connectivity index (χ0n) is 12.1. The van der Waals surface area contributed by atoms with E-state index in [1.54, 1.807) is 6.33 Å². The Hall–Kier alpha value is -1.36. The first-order valence-electron chi connectivity index (χ1n) is 6.30. The lowest BCUT2D eigenvalue weighted by Crippen LogP contribution is -2.30. The van der Waals surface area contributed by atoms with Crippen molar-refractivity contribution in [3.05, 3.63) is 12.4 Å². The fraction of sp³-hybridized carbons (Fsp3) is 0.692. The SMILES string of the molecule is CC(N)CNc1cc(N(C)CC(C)(C)C)ncn1. The molecule has 1 unspecified atom stereocenters. The molecule has 0 spiro atoms. The highest BCUT2D eigenvalue weighted by molar-refractivity contribution is 5.48. The van der Waals surface area contributed by atoms with Gasteiger partial charge in [-0.3, -0.25) is 0 Å². The van der Waals surface area contributed by atoms with Crippen LogP contribution in [0, 0.1) is 5.41 Å². The molecule has 3 N–H and O–H groups in total. The first-order chi connectivity index (χ1) is 8.28. The first kappa shape index (κ1) is 14.7. The van der Waals surface area contributed by atoms with Crippen molar-refractivity contribution < 1.29 is 0 Å². The second-order valence-electron chi connectivity index (χ2n) is 6.04. The third-order valence-electron chi connectivity index (χ3n) is 2.36. The van der Waals surface area contributed by atoms with Crippen LogP contribution in [0.2, 0.25) is 0 Å². The molecule has 5 nitrogen and oxygen atoms in total. The Kier molecular flexibility index (Phi) is 4.90. The Bertz CT molecular complexity index is 370. The number of anilines is 2. The van der Waals surface area contributed by atoms with Gasteiger partial charge in [-0.15, -0.1) is 0 Å². The lowest BCUT2D eigenvalue weighted by molar-refractivity contribution is 0.418. The van der Waals surface area contributed by atoms with Crippen LogP contribution in [0.5, 0.6) is 0 Å². The minimum Gasteiger partial charge on any atom is -0.368 e. The molecular formula is C13H25N5. The van der Waals surface area contributed by atoms with Crippen LogP contribution in [0.15, 0.2) is 12.4 Å². The van der Waals surface area contributed by atoms with E-state index >= 15 is 0 Å². The van der Waals surface area contributed by atoms with Gasteiger partial charge in [0.15, 0.2) is 0 Å².